The van der Waals surface area contributed by atoms with Crippen LogP contribution in [0.1, 0.15) is 18.9 Å². The van der Waals surface area contributed by atoms with Gasteiger partial charge in [-0.1, -0.05) is 42.5 Å². The third kappa shape index (κ3) is 3.99. The summed E-state index contributed by atoms with van der Waals surface area (Å²) in [6.07, 6.45) is 0.0384. The van der Waals surface area contributed by atoms with Gasteiger partial charge in [0, 0.05) is 26.2 Å². The molecule has 1 unspecified atom stereocenters. The van der Waals surface area contributed by atoms with Gasteiger partial charge in [-0.05, 0) is 24.6 Å². The Labute approximate surface area is 147 Å². The van der Waals surface area contributed by atoms with Crippen molar-refractivity contribution in [1.29, 1.82) is 0 Å². The summed E-state index contributed by atoms with van der Waals surface area (Å²) in [5.41, 5.74) is 0.111. The molecule has 0 aliphatic carbocycles. The summed E-state index contributed by atoms with van der Waals surface area (Å²) in [4.78, 5) is 16.3. The van der Waals surface area contributed by atoms with Gasteiger partial charge < -0.3 is 14.9 Å². The fourth-order valence-electron chi connectivity index (χ4n) is 3.21. The van der Waals surface area contributed by atoms with Gasteiger partial charge in [-0.15, -0.1) is 0 Å². The number of hydrogen-bond acceptors (Lipinski definition) is 3. The minimum atomic E-state index is -1.19. The van der Waals surface area contributed by atoms with Crippen molar-refractivity contribution in [2.45, 2.75) is 18.9 Å². The molecule has 132 valence electrons. The maximum absolute atomic E-state index is 13.9. The Balaban J connectivity index is 1.59. The zero-order valence-corrected chi connectivity index (χ0v) is 14.4. The molecule has 3 rings (SSSR count). The Bertz CT molecular complexity index is 725. The standard InChI is InChI=1S/C20H23FN2O2/c1-20(25,16-7-3-2-4-8-16)15-19(24)23-13-11-22(12-14-23)18-10-6-5-9-17(18)21/h2-10,25H,11-15H2,1H3. The Morgan fingerprint density at radius 2 is 1.64 bits per heavy atom. The van der Waals surface area contributed by atoms with Crippen molar-refractivity contribution in [3.05, 3.63) is 66.0 Å². The molecule has 2 aromatic carbocycles. The normalized spacial score (nSPS) is 17.2. The number of amides is 1. The summed E-state index contributed by atoms with van der Waals surface area (Å²) >= 11 is 0. The summed E-state index contributed by atoms with van der Waals surface area (Å²) in [5, 5.41) is 10.6. The minimum Gasteiger partial charge on any atom is -0.385 e. The predicted molar refractivity (Wildman–Crippen MR) is 95.8 cm³/mol. The third-order valence-electron chi connectivity index (χ3n) is 4.72. The second-order valence-electron chi connectivity index (χ2n) is 6.64. The summed E-state index contributed by atoms with van der Waals surface area (Å²) < 4.78 is 13.9. The van der Waals surface area contributed by atoms with Gasteiger partial charge in [-0.3, -0.25) is 4.79 Å². The molecule has 0 radical (unpaired) electrons. The average Bonchev–Trinajstić information content (AvgIpc) is 2.63. The van der Waals surface area contributed by atoms with Crippen molar-refractivity contribution in [2.75, 3.05) is 31.1 Å². The largest absolute Gasteiger partial charge is 0.385 e. The van der Waals surface area contributed by atoms with Crippen LogP contribution in [0.5, 0.6) is 0 Å². The van der Waals surface area contributed by atoms with E-state index in [1.54, 1.807) is 24.0 Å². The van der Waals surface area contributed by atoms with E-state index in [4.69, 9.17) is 0 Å². The van der Waals surface area contributed by atoms with E-state index < -0.39 is 5.60 Å². The van der Waals surface area contributed by atoms with E-state index in [1.165, 1.54) is 6.07 Å². The molecule has 0 bridgehead atoms. The van der Waals surface area contributed by atoms with Crippen molar-refractivity contribution in [1.82, 2.24) is 4.90 Å². The first kappa shape index (κ1) is 17.4. The number of rotatable bonds is 4. The molecular formula is C20H23FN2O2. The molecule has 0 saturated carbocycles. The topological polar surface area (TPSA) is 43.8 Å². The first-order chi connectivity index (χ1) is 12.0. The van der Waals surface area contributed by atoms with Crippen LogP contribution in [0.3, 0.4) is 0 Å². The maximum Gasteiger partial charge on any atom is 0.225 e. The predicted octanol–water partition coefficient (Wildman–Crippen LogP) is 2.77. The summed E-state index contributed by atoms with van der Waals surface area (Å²) in [5.74, 6) is -0.323. The molecule has 0 aromatic heterocycles. The number of piperazine rings is 1. The second-order valence-corrected chi connectivity index (χ2v) is 6.64. The van der Waals surface area contributed by atoms with E-state index >= 15 is 0 Å². The van der Waals surface area contributed by atoms with Crippen LogP contribution in [0.4, 0.5) is 10.1 Å². The summed E-state index contributed by atoms with van der Waals surface area (Å²) in [6.45, 7) is 3.88. The molecule has 4 nitrogen and oxygen atoms in total. The summed E-state index contributed by atoms with van der Waals surface area (Å²) in [7, 11) is 0. The SMILES string of the molecule is CC(O)(CC(=O)N1CCN(c2ccccc2F)CC1)c1ccccc1. The lowest BCUT2D eigenvalue weighted by Gasteiger charge is -2.37. The van der Waals surface area contributed by atoms with Crippen LogP contribution in [-0.4, -0.2) is 42.1 Å². The first-order valence-electron chi connectivity index (χ1n) is 8.52. The zero-order valence-electron chi connectivity index (χ0n) is 14.4. The molecule has 1 saturated heterocycles. The third-order valence-corrected chi connectivity index (χ3v) is 4.72. The highest BCUT2D eigenvalue weighted by atomic mass is 19.1. The molecule has 1 aliphatic heterocycles. The van der Waals surface area contributed by atoms with Crippen molar-refractivity contribution in [2.24, 2.45) is 0 Å². The van der Waals surface area contributed by atoms with E-state index in [1.807, 2.05) is 41.3 Å². The lowest BCUT2D eigenvalue weighted by molar-refractivity contribution is -0.136. The number of para-hydroxylation sites is 1. The lowest BCUT2D eigenvalue weighted by atomic mass is 9.92. The van der Waals surface area contributed by atoms with Crippen molar-refractivity contribution < 1.29 is 14.3 Å². The van der Waals surface area contributed by atoms with Crippen LogP contribution in [0, 0.1) is 5.82 Å². The quantitative estimate of drug-likeness (QED) is 0.929. The zero-order chi connectivity index (χ0) is 17.9. The minimum absolute atomic E-state index is 0.0384. The van der Waals surface area contributed by atoms with E-state index in [2.05, 4.69) is 0 Å². The van der Waals surface area contributed by atoms with Gasteiger partial charge in [0.2, 0.25) is 5.91 Å². The number of hydrogen-bond donors (Lipinski definition) is 1. The molecule has 1 aliphatic rings. The van der Waals surface area contributed by atoms with E-state index in [-0.39, 0.29) is 18.1 Å². The van der Waals surface area contributed by atoms with Crippen LogP contribution in [0.25, 0.3) is 0 Å². The number of carbonyl (C=O) groups excluding carboxylic acids is 1. The monoisotopic (exact) mass is 342 g/mol. The molecule has 0 spiro atoms. The van der Waals surface area contributed by atoms with E-state index in [0.29, 0.717) is 31.9 Å². The Kier molecular flexibility index (Phi) is 5.04. The van der Waals surface area contributed by atoms with E-state index in [9.17, 15) is 14.3 Å². The van der Waals surface area contributed by atoms with Crippen molar-refractivity contribution >= 4 is 11.6 Å². The van der Waals surface area contributed by atoms with Gasteiger partial charge in [-0.2, -0.15) is 0 Å². The average molecular weight is 342 g/mol. The molecule has 2 aromatic rings. The number of halogens is 1. The number of anilines is 1. The molecule has 1 amide bonds. The van der Waals surface area contributed by atoms with Gasteiger partial charge in [0.1, 0.15) is 5.82 Å². The van der Waals surface area contributed by atoms with Gasteiger partial charge in [0.25, 0.3) is 0 Å². The van der Waals surface area contributed by atoms with Gasteiger partial charge >= 0.3 is 0 Å². The highest BCUT2D eigenvalue weighted by Gasteiger charge is 2.30. The molecule has 1 N–H and O–H groups in total. The number of benzene rings is 2. The maximum atomic E-state index is 13.9. The van der Waals surface area contributed by atoms with Crippen molar-refractivity contribution in [3.63, 3.8) is 0 Å². The fraction of sp³-hybridized carbons (Fsp3) is 0.350. The van der Waals surface area contributed by atoms with Crippen LogP contribution >= 0.6 is 0 Å². The Morgan fingerprint density at radius 3 is 2.28 bits per heavy atom. The number of nitrogens with zero attached hydrogens (tertiary/aromatic N) is 2. The highest BCUT2D eigenvalue weighted by Crippen LogP contribution is 2.26. The van der Waals surface area contributed by atoms with Crippen molar-refractivity contribution in [3.8, 4) is 0 Å². The Hall–Kier alpha value is -2.40. The molecule has 1 atom stereocenters. The first-order valence-corrected chi connectivity index (χ1v) is 8.52. The molecule has 25 heavy (non-hydrogen) atoms. The number of aliphatic hydroxyl groups is 1. The Morgan fingerprint density at radius 1 is 1.04 bits per heavy atom. The number of carbonyl (C=O) groups is 1. The highest BCUT2D eigenvalue weighted by molar-refractivity contribution is 5.78. The van der Waals surface area contributed by atoms with Crippen LogP contribution < -0.4 is 4.90 Å². The lowest BCUT2D eigenvalue weighted by Crippen LogP contribution is -2.50. The van der Waals surface area contributed by atoms with Gasteiger partial charge in [0.15, 0.2) is 0 Å². The molecule has 1 fully saturated rings. The van der Waals surface area contributed by atoms with Crippen LogP contribution in [0.2, 0.25) is 0 Å². The molecule has 5 heteroatoms. The van der Waals surface area contributed by atoms with E-state index in [0.717, 1.165) is 5.56 Å². The van der Waals surface area contributed by atoms with Gasteiger partial charge in [0.05, 0.1) is 17.7 Å². The summed E-state index contributed by atoms with van der Waals surface area (Å²) in [6, 6.07) is 15.9. The smallest absolute Gasteiger partial charge is 0.225 e. The van der Waals surface area contributed by atoms with Crippen LogP contribution in [0.15, 0.2) is 54.6 Å². The second kappa shape index (κ2) is 7.23. The molecule has 1 heterocycles. The van der Waals surface area contributed by atoms with Gasteiger partial charge in [-0.25, -0.2) is 4.39 Å². The fourth-order valence-corrected chi connectivity index (χ4v) is 3.21. The molecular weight excluding hydrogens is 319 g/mol. The van der Waals surface area contributed by atoms with Crippen LogP contribution in [-0.2, 0) is 10.4 Å².